The highest BCUT2D eigenvalue weighted by Gasteiger charge is 2.40. The lowest BCUT2D eigenvalue weighted by Crippen LogP contribution is -2.39. The quantitative estimate of drug-likeness (QED) is 0.500. The summed E-state index contributed by atoms with van der Waals surface area (Å²) >= 11 is 0. The minimum atomic E-state index is -3.59. The first-order valence-electron chi connectivity index (χ1n) is 9.93. The molecule has 0 aliphatic carbocycles. The van der Waals surface area contributed by atoms with E-state index in [-0.39, 0.29) is 30.2 Å². The average molecular weight is 439 g/mol. The Kier molecular flexibility index (Phi) is 7.09. The Morgan fingerprint density at radius 3 is 2.22 bits per heavy atom. The normalized spacial score (nSPS) is 11.1. The van der Waals surface area contributed by atoms with Crippen LogP contribution in [0.1, 0.15) is 32.7 Å². The molecule has 3 rings (SSSR count). The number of rotatable bonds is 8. The molecule has 0 saturated carbocycles. The number of carbonyl (C=O) groups excluding carboxylic acids is 2. The molecule has 0 bridgehead atoms. The molecule has 1 heterocycles. The van der Waals surface area contributed by atoms with E-state index in [0.29, 0.717) is 6.42 Å². The van der Waals surface area contributed by atoms with Crippen LogP contribution in [0.4, 0.5) is 14.6 Å². The Hall–Kier alpha value is -3.88. The van der Waals surface area contributed by atoms with Crippen molar-refractivity contribution < 1.29 is 18.4 Å². The Balaban J connectivity index is 1.47. The number of nitrogens with one attached hydrogen (secondary N) is 2. The van der Waals surface area contributed by atoms with E-state index < -0.39 is 17.7 Å². The number of aryl methyl sites for hydroxylation is 1. The first kappa shape index (κ1) is 22.8. The maximum absolute atomic E-state index is 14.3. The SMILES string of the molecule is Cc1ccc(C(F)(F)C(=O)NCCc2ccc(CNC(=O)c3nccnc3N)cc2)cc1. The third kappa shape index (κ3) is 5.63. The molecule has 7 nitrogen and oxygen atoms in total. The van der Waals surface area contributed by atoms with Crippen molar-refractivity contribution in [2.75, 3.05) is 12.3 Å². The molecule has 0 aliphatic heterocycles. The van der Waals surface area contributed by atoms with Gasteiger partial charge in [-0.05, 0) is 24.5 Å². The Labute approximate surface area is 184 Å². The summed E-state index contributed by atoms with van der Waals surface area (Å²) in [5.41, 5.74) is 7.88. The predicted octanol–water partition coefficient (Wildman–Crippen LogP) is 2.75. The van der Waals surface area contributed by atoms with Crippen LogP contribution >= 0.6 is 0 Å². The second-order valence-electron chi connectivity index (χ2n) is 7.24. The van der Waals surface area contributed by atoms with E-state index in [1.165, 1.54) is 24.5 Å². The number of anilines is 1. The lowest BCUT2D eigenvalue weighted by Gasteiger charge is -2.16. The lowest BCUT2D eigenvalue weighted by molar-refractivity contribution is -0.146. The number of carbonyl (C=O) groups is 2. The number of halogens is 2. The molecule has 9 heteroatoms. The fourth-order valence-corrected chi connectivity index (χ4v) is 2.94. The van der Waals surface area contributed by atoms with Gasteiger partial charge in [-0.1, -0.05) is 54.1 Å². The number of nitrogens with two attached hydrogens (primary N) is 1. The molecular formula is C23H23F2N5O2. The number of aromatic nitrogens is 2. The Bertz CT molecular complexity index is 1090. The van der Waals surface area contributed by atoms with Crippen molar-refractivity contribution in [3.63, 3.8) is 0 Å². The van der Waals surface area contributed by atoms with Crippen molar-refractivity contribution in [1.82, 2.24) is 20.6 Å². The monoisotopic (exact) mass is 439 g/mol. The van der Waals surface area contributed by atoms with E-state index in [2.05, 4.69) is 20.6 Å². The number of hydrogen-bond donors (Lipinski definition) is 3. The van der Waals surface area contributed by atoms with Crippen LogP contribution in [-0.4, -0.2) is 28.3 Å². The van der Waals surface area contributed by atoms with Crippen molar-refractivity contribution in [2.24, 2.45) is 0 Å². The number of nitrogen functional groups attached to an aromatic ring is 1. The molecule has 1 aromatic heterocycles. The highest BCUT2D eigenvalue weighted by Crippen LogP contribution is 2.28. The molecule has 0 saturated heterocycles. The topological polar surface area (TPSA) is 110 Å². The van der Waals surface area contributed by atoms with Gasteiger partial charge >= 0.3 is 5.92 Å². The van der Waals surface area contributed by atoms with E-state index in [0.717, 1.165) is 16.7 Å². The lowest BCUT2D eigenvalue weighted by atomic mass is 10.1. The van der Waals surface area contributed by atoms with Gasteiger partial charge in [0.15, 0.2) is 11.5 Å². The van der Waals surface area contributed by atoms with Crippen molar-refractivity contribution >= 4 is 17.6 Å². The van der Waals surface area contributed by atoms with E-state index in [1.807, 2.05) is 12.1 Å². The first-order valence-corrected chi connectivity index (χ1v) is 9.93. The van der Waals surface area contributed by atoms with Gasteiger partial charge in [0.25, 0.3) is 11.8 Å². The van der Waals surface area contributed by atoms with Gasteiger partial charge < -0.3 is 16.4 Å². The highest BCUT2D eigenvalue weighted by atomic mass is 19.3. The molecule has 32 heavy (non-hydrogen) atoms. The molecule has 2 aromatic carbocycles. The van der Waals surface area contributed by atoms with Crippen molar-refractivity contribution in [2.45, 2.75) is 25.8 Å². The van der Waals surface area contributed by atoms with Gasteiger partial charge in [0.1, 0.15) is 0 Å². The molecule has 0 unspecified atom stereocenters. The van der Waals surface area contributed by atoms with E-state index in [4.69, 9.17) is 5.73 Å². The Morgan fingerprint density at radius 2 is 1.56 bits per heavy atom. The summed E-state index contributed by atoms with van der Waals surface area (Å²) in [4.78, 5) is 31.8. The predicted molar refractivity (Wildman–Crippen MR) is 116 cm³/mol. The fraction of sp³-hybridized carbons (Fsp3) is 0.217. The van der Waals surface area contributed by atoms with Gasteiger partial charge in [-0.25, -0.2) is 9.97 Å². The summed E-state index contributed by atoms with van der Waals surface area (Å²) < 4.78 is 28.6. The van der Waals surface area contributed by atoms with Gasteiger partial charge in [0.05, 0.1) is 0 Å². The van der Waals surface area contributed by atoms with Crippen molar-refractivity contribution in [3.8, 4) is 0 Å². The van der Waals surface area contributed by atoms with Gasteiger partial charge in [-0.15, -0.1) is 0 Å². The molecule has 0 atom stereocenters. The van der Waals surface area contributed by atoms with E-state index >= 15 is 0 Å². The number of benzene rings is 2. The molecule has 4 N–H and O–H groups in total. The summed E-state index contributed by atoms with van der Waals surface area (Å²) in [7, 11) is 0. The summed E-state index contributed by atoms with van der Waals surface area (Å²) in [6.45, 7) is 2.12. The number of amides is 2. The third-order valence-electron chi connectivity index (χ3n) is 4.82. The zero-order valence-electron chi connectivity index (χ0n) is 17.4. The number of nitrogens with zero attached hydrogens (tertiary/aromatic N) is 2. The first-order chi connectivity index (χ1) is 15.3. The maximum atomic E-state index is 14.3. The van der Waals surface area contributed by atoms with Crippen LogP contribution in [0.3, 0.4) is 0 Å². The van der Waals surface area contributed by atoms with Crippen LogP contribution < -0.4 is 16.4 Å². The van der Waals surface area contributed by atoms with Gasteiger partial charge in [0, 0.05) is 31.0 Å². The largest absolute Gasteiger partial charge is 0.382 e. The van der Waals surface area contributed by atoms with Gasteiger partial charge in [-0.3, -0.25) is 9.59 Å². The summed E-state index contributed by atoms with van der Waals surface area (Å²) in [6, 6.07) is 12.8. The van der Waals surface area contributed by atoms with E-state index in [9.17, 15) is 18.4 Å². The van der Waals surface area contributed by atoms with Crippen LogP contribution in [0.5, 0.6) is 0 Å². The van der Waals surface area contributed by atoms with E-state index in [1.54, 1.807) is 31.2 Å². The molecule has 2 amide bonds. The Morgan fingerprint density at radius 1 is 0.938 bits per heavy atom. The standard InChI is InChI=1S/C23H23F2N5O2/c1-15-2-8-18(9-3-15)23(24,25)22(32)29-11-10-16-4-6-17(7-5-16)14-30-21(31)19-20(26)28-13-12-27-19/h2-9,12-13H,10-11,14H2,1H3,(H2,26,28)(H,29,32)(H,30,31). The van der Waals surface area contributed by atoms with Crippen LogP contribution in [-0.2, 0) is 23.7 Å². The van der Waals surface area contributed by atoms with Crippen molar-refractivity contribution in [3.05, 3.63) is 88.9 Å². The summed E-state index contributed by atoms with van der Waals surface area (Å²) in [5, 5.41) is 5.00. The van der Waals surface area contributed by atoms with Crippen molar-refractivity contribution in [1.29, 1.82) is 0 Å². The van der Waals surface area contributed by atoms with Gasteiger partial charge in [-0.2, -0.15) is 8.78 Å². The smallest absolute Gasteiger partial charge is 0.349 e. The summed E-state index contributed by atoms with van der Waals surface area (Å²) in [6.07, 6.45) is 3.17. The average Bonchev–Trinajstić information content (AvgIpc) is 2.79. The highest BCUT2D eigenvalue weighted by molar-refractivity contribution is 5.96. The van der Waals surface area contributed by atoms with Crippen LogP contribution in [0.25, 0.3) is 0 Å². The van der Waals surface area contributed by atoms with Crippen LogP contribution in [0.2, 0.25) is 0 Å². The maximum Gasteiger partial charge on any atom is 0.349 e. The molecule has 0 fully saturated rings. The molecular weight excluding hydrogens is 416 g/mol. The molecule has 166 valence electrons. The molecule has 0 aliphatic rings. The van der Waals surface area contributed by atoms with Crippen LogP contribution in [0.15, 0.2) is 60.9 Å². The minimum absolute atomic E-state index is 0.0513. The zero-order valence-corrected chi connectivity index (χ0v) is 17.4. The minimum Gasteiger partial charge on any atom is -0.382 e. The van der Waals surface area contributed by atoms with Crippen LogP contribution in [0, 0.1) is 6.92 Å². The molecule has 0 spiro atoms. The second-order valence-corrected chi connectivity index (χ2v) is 7.24. The van der Waals surface area contributed by atoms with Gasteiger partial charge in [0.2, 0.25) is 0 Å². The molecule has 0 radical (unpaired) electrons. The number of hydrogen-bond acceptors (Lipinski definition) is 5. The summed E-state index contributed by atoms with van der Waals surface area (Å²) in [5.74, 6) is -5.31. The third-order valence-corrected chi connectivity index (χ3v) is 4.82. The fourth-order valence-electron chi connectivity index (χ4n) is 2.94. The second kappa shape index (κ2) is 9.95. The molecule has 3 aromatic rings. The number of alkyl halides is 2. The zero-order chi connectivity index (χ0) is 23.1.